The molecule has 3 rings (SSSR count). The minimum atomic E-state index is -0.783. The smallest absolute Gasteiger partial charge is 0.331 e. The number of carbonyl (C=O) groups is 2. The quantitative estimate of drug-likeness (QED) is 0.769. The molecular weight excluding hydrogens is 316 g/mol. The minimum absolute atomic E-state index is 0. The van der Waals surface area contributed by atoms with Gasteiger partial charge in [0.05, 0.1) is 7.11 Å². The molecule has 5 nitrogen and oxygen atoms in total. The van der Waals surface area contributed by atoms with Crippen LogP contribution in [0.3, 0.4) is 0 Å². The average Bonchev–Trinajstić information content (AvgIpc) is 3.23. The lowest BCUT2D eigenvalue weighted by Gasteiger charge is -2.37. The molecule has 0 radical (unpaired) electrons. The standard InChI is InChI=1S/C17H28N2O3.ClH/c1-12-3-5-17(6-4-12,15(21)22-2)19-14(20)13-11-16(13)7-9-18-10-8-16;/h12-13,18H,3-11H2,1-2H3,(H,19,20);1H. The Morgan fingerprint density at radius 2 is 1.74 bits per heavy atom. The van der Waals surface area contributed by atoms with Crippen LogP contribution in [0.1, 0.15) is 51.9 Å². The van der Waals surface area contributed by atoms with Crippen LogP contribution in [0.5, 0.6) is 0 Å². The van der Waals surface area contributed by atoms with E-state index in [4.69, 9.17) is 4.74 Å². The predicted molar refractivity (Wildman–Crippen MR) is 90.4 cm³/mol. The van der Waals surface area contributed by atoms with E-state index < -0.39 is 5.54 Å². The Hall–Kier alpha value is -0.810. The van der Waals surface area contributed by atoms with E-state index in [0.29, 0.717) is 18.8 Å². The van der Waals surface area contributed by atoms with Crippen molar-refractivity contribution in [1.82, 2.24) is 10.6 Å². The summed E-state index contributed by atoms with van der Waals surface area (Å²) in [6.45, 7) is 4.21. The van der Waals surface area contributed by atoms with Crippen LogP contribution in [0.15, 0.2) is 0 Å². The highest BCUT2D eigenvalue weighted by molar-refractivity contribution is 5.90. The Bertz CT molecular complexity index is 455. The Morgan fingerprint density at radius 3 is 2.30 bits per heavy atom. The van der Waals surface area contributed by atoms with Crippen molar-refractivity contribution in [2.24, 2.45) is 17.3 Å². The van der Waals surface area contributed by atoms with Gasteiger partial charge in [-0.2, -0.15) is 0 Å². The van der Waals surface area contributed by atoms with Crippen molar-refractivity contribution in [2.45, 2.75) is 57.4 Å². The van der Waals surface area contributed by atoms with Gasteiger partial charge in [0.15, 0.2) is 0 Å². The zero-order valence-electron chi connectivity index (χ0n) is 14.2. The summed E-state index contributed by atoms with van der Waals surface area (Å²) in [5, 5.41) is 6.46. The molecule has 1 aliphatic heterocycles. The van der Waals surface area contributed by atoms with Gasteiger partial charge in [-0.3, -0.25) is 4.79 Å². The average molecular weight is 345 g/mol. The lowest BCUT2D eigenvalue weighted by Crippen LogP contribution is -2.57. The molecule has 2 N–H and O–H groups in total. The molecule has 3 fully saturated rings. The van der Waals surface area contributed by atoms with Crippen LogP contribution in [0.25, 0.3) is 0 Å². The van der Waals surface area contributed by atoms with Crippen molar-refractivity contribution in [1.29, 1.82) is 0 Å². The molecule has 0 aromatic rings. The molecule has 3 aliphatic rings. The molecule has 1 atom stereocenters. The summed E-state index contributed by atoms with van der Waals surface area (Å²) < 4.78 is 5.00. The fourth-order valence-corrected chi connectivity index (χ4v) is 4.35. The van der Waals surface area contributed by atoms with E-state index in [2.05, 4.69) is 17.6 Å². The summed E-state index contributed by atoms with van der Waals surface area (Å²) in [6.07, 6.45) is 6.47. The summed E-state index contributed by atoms with van der Waals surface area (Å²) in [6, 6.07) is 0. The minimum Gasteiger partial charge on any atom is -0.467 e. The Morgan fingerprint density at radius 1 is 1.13 bits per heavy atom. The summed E-state index contributed by atoms with van der Waals surface area (Å²) in [7, 11) is 1.42. The number of hydrogen-bond acceptors (Lipinski definition) is 4. The molecule has 1 amide bonds. The van der Waals surface area contributed by atoms with E-state index in [-0.39, 0.29) is 35.6 Å². The van der Waals surface area contributed by atoms with Crippen molar-refractivity contribution in [3.63, 3.8) is 0 Å². The van der Waals surface area contributed by atoms with E-state index >= 15 is 0 Å². The monoisotopic (exact) mass is 344 g/mol. The molecule has 2 aliphatic carbocycles. The van der Waals surface area contributed by atoms with Crippen molar-refractivity contribution >= 4 is 24.3 Å². The number of halogens is 1. The third kappa shape index (κ3) is 3.50. The largest absolute Gasteiger partial charge is 0.467 e. The van der Waals surface area contributed by atoms with Gasteiger partial charge in [0.1, 0.15) is 5.54 Å². The number of amides is 1. The second-order valence-electron chi connectivity index (χ2n) is 7.61. The van der Waals surface area contributed by atoms with E-state index in [1.165, 1.54) is 7.11 Å². The van der Waals surface area contributed by atoms with Crippen LogP contribution in [0, 0.1) is 17.3 Å². The van der Waals surface area contributed by atoms with Gasteiger partial charge in [0.2, 0.25) is 5.91 Å². The van der Waals surface area contributed by atoms with Crippen LogP contribution in [-0.4, -0.2) is 37.6 Å². The van der Waals surface area contributed by atoms with Crippen LogP contribution < -0.4 is 10.6 Å². The topological polar surface area (TPSA) is 67.4 Å². The first-order chi connectivity index (χ1) is 10.5. The molecule has 0 aromatic heterocycles. The van der Waals surface area contributed by atoms with Crippen molar-refractivity contribution in [3.05, 3.63) is 0 Å². The number of nitrogens with one attached hydrogen (secondary N) is 2. The fraction of sp³-hybridized carbons (Fsp3) is 0.882. The van der Waals surface area contributed by atoms with Crippen molar-refractivity contribution in [3.8, 4) is 0 Å². The number of piperidine rings is 1. The summed E-state index contributed by atoms with van der Waals surface area (Å²) >= 11 is 0. The van der Waals surface area contributed by atoms with Gasteiger partial charge < -0.3 is 15.4 Å². The number of rotatable bonds is 3. The lowest BCUT2D eigenvalue weighted by atomic mass is 9.77. The first-order valence-electron chi connectivity index (χ1n) is 8.62. The molecule has 1 spiro atoms. The molecule has 132 valence electrons. The Balaban J connectivity index is 0.00000192. The first kappa shape index (κ1) is 18.5. The Kier molecular flexibility index (Phi) is 5.62. The molecule has 23 heavy (non-hydrogen) atoms. The lowest BCUT2D eigenvalue weighted by molar-refractivity contribution is -0.153. The van der Waals surface area contributed by atoms with Gasteiger partial charge in [-0.05, 0) is 69.4 Å². The van der Waals surface area contributed by atoms with Gasteiger partial charge in [-0.25, -0.2) is 4.79 Å². The maximum atomic E-state index is 12.7. The van der Waals surface area contributed by atoms with Crippen LogP contribution in [0.2, 0.25) is 0 Å². The SMILES string of the molecule is COC(=O)C1(NC(=O)C2CC23CCNCC3)CCC(C)CC1.Cl. The van der Waals surface area contributed by atoms with Gasteiger partial charge in [0.25, 0.3) is 0 Å². The van der Waals surface area contributed by atoms with E-state index in [1.807, 2.05) is 0 Å². The fourth-order valence-electron chi connectivity index (χ4n) is 4.35. The van der Waals surface area contributed by atoms with Crippen LogP contribution in [-0.2, 0) is 14.3 Å². The highest BCUT2D eigenvalue weighted by atomic mass is 35.5. The molecule has 0 bridgehead atoms. The summed E-state index contributed by atoms with van der Waals surface area (Å²) in [5.41, 5.74) is -0.580. The number of methoxy groups -OCH3 is 1. The molecule has 0 aromatic carbocycles. The second-order valence-corrected chi connectivity index (χ2v) is 7.61. The molecular formula is C17H29ClN2O3. The molecule has 1 heterocycles. The molecule has 1 unspecified atom stereocenters. The summed E-state index contributed by atoms with van der Waals surface area (Å²) in [5.74, 6) is 0.511. The highest BCUT2D eigenvalue weighted by Gasteiger charge is 2.59. The molecule has 2 saturated carbocycles. The van der Waals surface area contributed by atoms with E-state index in [9.17, 15) is 9.59 Å². The normalized spacial score (nSPS) is 35.0. The number of hydrogen-bond donors (Lipinski definition) is 2. The molecule has 1 saturated heterocycles. The van der Waals surface area contributed by atoms with Crippen LogP contribution in [0.4, 0.5) is 0 Å². The highest BCUT2D eigenvalue weighted by Crippen LogP contribution is 2.58. The summed E-state index contributed by atoms with van der Waals surface area (Å²) in [4.78, 5) is 25.0. The van der Waals surface area contributed by atoms with Gasteiger partial charge >= 0.3 is 5.97 Å². The maximum Gasteiger partial charge on any atom is 0.331 e. The van der Waals surface area contributed by atoms with Crippen LogP contribution >= 0.6 is 12.4 Å². The van der Waals surface area contributed by atoms with E-state index in [0.717, 1.165) is 45.2 Å². The predicted octanol–water partition coefficient (Wildman–Crippen LogP) is 2.04. The first-order valence-corrected chi connectivity index (χ1v) is 8.62. The number of ether oxygens (including phenoxy) is 1. The van der Waals surface area contributed by atoms with E-state index in [1.54, 1.807) is 0 Å². The zero-order chi connectivity index (χ0) is 15.8. The van der Waals surface area contributed by atoms with Crippen molar-refractivity contribution < 1.29 is 14.3 Å². The van der Waals surface area contributed by atoms with Crippen molar-refractivity contribution in [2.75, 3.05) is 20.2 Å². The third-order valence-corrected chi connectivity index (χ3v) is 6.17. The maximum absolute atomic E-state index is 12.7. The zero-order valence-corrected chi connectivity index (χ0v) is 15.0. The third-order valence-electron chi connectivity index (χ3n) is 6.17. The molecule has 6 heteroatoms. The van der Waals surface area contributed by atoms with Gasteiger partial charge in [0, 0.05) is 5.92 Å². The number of carbonyl (C=O) groups excluding carboxylic acids is 2. The number of esters is 1. The van der Waals surface area contributed by atoms with Gasteiger partial charge in [-0.15, -0.1) is 12.4 Å². The second kappa shape index (κ2) is 6.98. The Labute approximate surface area is 144 Å². The van der Waals surface area contributed by atoms with Gasteiger partial charge in [-0.1, -0.05) is 6.92 Å².